The van der Waals surface area contributed by atoms with Gasteiger partial charge in [0, 0.05) is 0 Å². The summed E-state index contributed by atoms with van der Waals surface area (Å²) in [5, 5.41) is 7.58. The van der Waals surface area contributed by atoms with Crippen LogP contribution in [0.25, 0.3) is 5.69 Å². The van der Waals surface area contributed by atoms with Gasteiger partial charge in [0.1, 0.15) is 6.04 Å². The lowest BCUT2D eigenvalue weighted by Gasteiger charge is -2.09. The van der Waals surface area contributed by atoms with Crippen molar-refractivity contribution in [3.8, 4) is 5.69 Å². The maximum absolute atomic E-state index is 11.3. The Morgan fingerprint density at radius 1 is 1.23 bits per heavy atom. The molecule has 0 bridgehead atoms. The monoisotopic (exact) mass is 304 g/mol. The van der Waals surface area contributed by atoms with Gasteiger partial charge in [0.25, 0.3) is 0 Å². The quantitative estimate of drug-likeness (QED) is 0.780. The largest absolute Gasteiger partial charge is 0.468 e. The molecule has 1 aromatic carbocycles. The molecule has 0 spiro atoms. The summed E-state index contributed by atoms with van der Waals surface area (Å²) < 4.78 is 10.6. The van der Waals surface area contributed by atoms with Crippen LogP contribution < -0.4 is 5.73 Å². The molecule has 2 aromatic rings. The molecule has 0 radical (unpaired) electrons. The van der Waals surface area contributed by atoms with Crippen molar-refractivity contribution in [2.75, 3.05) is 14.2 Å². The number of carbonyl (C=O) groups is 2. The molecule has 22 heavy (non-hydrogen) atoms. The van der Waals surface area contributed by atoms with E-state index in [1.54, 1.807) is 12.1 Å². The first-order valence-electron chi connectivity index (χ1n) is 6.48. The summed E-state index contributed by atoms with van der Waals surface area (Å²) >= 11 is 0. The average molecular weight is 304 g/mol. The fourth-order valence-electron chi connectivity index (χ4n) is 1.86. The summed E-state index contributed by atoms with van der Waals surface area (Å²) in [6.07, 6.45) is 1.85. The SMILES string of the molecule is COC(=O)c1cn(-c2ccc(C[C@H](N)C(=O)OC)cc2)nn1. The van der Waals surface area contributed by atoms with Crippen molar-refractivity contribution in [1.29, 1.82) is 0 Å². The first-order chi connectivity index (χ1) is 10.5. The van der Waals surface area contributed by atoms with Gasteiger partial charge in [-0.3, -0.25) is 4.79 Å². The molecule has 0 unspecified atom stereocenters. The Bertz CT molecular complexity index is 666. The highest BCUT2D eigenvalue weighted by Gasteiger charge is 2.15. The van der Waals surface area contributed by atoms with Crippen molar-refractivity contribution in [1.82, 2.24) is 15.0 Å². The molecule has 0 aliphatic rings. The third-order valence-corrected chi connectivity index (χ3v) is 3.05. The number of carbonyl (C=O) groups excluding carboxylic acids is 2. The molecule has 8 heteroatoms. The summed E-state index contributed by atoms with van der Waals surface area (Å²) in [6.45, 7) is 0. The second-order valence-electron chi connectivity index (χ2n) is 4.54. The minimum absolute atomic E-state index is 0.124. The number of nitrogens with zero attached hydrogens (tertiary/aromatic N) is 3. The average Bonchev–Trinajstić information content (AvgIpc) is 3.03. The molecular weight excluding hydrogens is 288 g/mol. The predicted molar refractivity (Wildman–Crippen MR) is 76.4 cm³/mol. The minimum atomic E-state index is -0.701. The molecule has 8 nitrogen and oxygen atoms in total. The highest BCUT2D eigenvalue weighted by atomic mass is 16.5. The molecule has 2 rings (SSSR count). The van der Waals surface area contributed by atoms with Crippen LogP contribution in [-0.4, -0.2) is 47.2 Å². The number of ether oxygens (including phenoxy) is 2. The van der Waals surface area contributed by atoms with E-state index in [0.29, 0.717) is 6.42 Å². The van der Waals surface area contributed by atoms with Crippen LogP contribution in [0, 0.1) is 0 Å². The van der Waals surface area contributed by atoms with Gasteiger partial charge in [-0.1, -0.05) is 17.3 Å². The lowest BCUT2D eigenvalue weighted by Crippen LogP contribution is -2.33. The Labute approximate surface area is 126 Å². The number of hydrogen-bond acceptors (Lipinski definition) is 7. The fraction of sp³-hybridized carbons (Fsp3) is 0.286. The number of esters is 2. The van der Waals surface area contributed by atoms with Crippen LogP contribution in [0.2, 0.25) is 0 Å². The molecule has 1 aromatic heterocycles. The van der Waals surface area contributed by atoms with E-state index >= 15 is 0 Å². The third-order valence-electron chi connectivity index (χ3n) is 3.05. The normalized spacial score (nSPS) is 11.8. The van der Waals surface area contributed by atoms with Crippen molar-refractivity contribution in [3.63, 3.8) is 0 Å². The molecule has 0 fully saturated rings. The van der Waals surface area contributed by atoms with E-state index in [1.165, 1.54) is 25.1 Å². The van der Waals surface area contributed by atoms with Crippen LogP contribution in [0.4, 0.5) is 0 Å². The number of methoxy groups -OCH3 is 2. The van der Waals surface area contributed by atoms with Crippen molar-refractivity contribution < 1.29 is 19.1 Å². The van der Waals surface area contributed by atoms with Gasteiger partial charge in [-0.25, -0.2) is 9.48 Å². The first-order valence-corrected chi connectivity index (χ1v) is 6.48. The molecule has 116 valence electrons. The molecule has 0 saturated carbocycles. The third kappa shape index (κ3) is 3.47. The van der Waals surface area contributed by atoms with Gasteiger partial charge in [-0.05, 0) is 24.1 Å². The zero-order valence-corrected chi connectivity index (χ0v) is 12.2. The van der Waals surface area contributed by atoms with Crippen LogP contribution in [0.5, 0.6) is 0 Å². The Balaban J connectivity index is 2.10. The standard InChI is InChI=1S/C14H16N4O4/c1-21-13(19)11(15)7-9-3-5-10(6-4-9)18-8-12(16-17-18)14(20)22-2/h3-6,8,11H,7,15H2,1-2H3/t11-/m0/s1. The summed E-state index contributed by atoms with van der Waals surface area (Å²) in [4.78, 5) is 22.6. The van der Waals surface area contributed by atoms with E-state index in [2.05, 4.69) is 19.8 Å². The Morgan fingerprint density at radius 3 is 2.50 bits per heavy atom. The number of rotatable bonds is 5. The van der Waals surface area contributed by atoms with Crippen LogP contribution in [0.15, 0.2) is 30.5 Å². The maximum Gasteiger partial charge on any atom is 0.360 e. The van der Waals surface area contributed by atoms with Gasteiger partial charge in [0.15, 0.2) is 5.69 Å². The van der Waals surface area contributed by atoms with Crippen molar-refractivity contribution >= 4 is 11.9 Å². The molecule has 1 atom stereocenters. The fourth-order valence-corrected chi connectivity index (χ4v) is 1.86. The van der Waals surface area contributed by atoms with Gasteiger partial charge >= 0.3 is 11.9 Å². The van der Waals surface area contributed by atoms with Gasteiger partial charge in [0.2, 0.25) is 0 Å². The number of nitrogens with two attached hydrogens (primary N) is 1. The van der Waals surface area contributed by atoms with E-state index < -0.39 is 18.0 Å². The number of hydrogen-bond donors (Lipinski definition) is 1. The summed E-state index contributed by atoms with van der Waals surface area (Å²) in [7, 11) is 2.58. The molecular formula is C14H16N4O4. The summed E-state index contributed by atoms with van der Waals surface area (Å²) in [5.74, 6) is -1.00. The second kappa shape index (κ2) is 6.81. The molecule has 0 aliphatic heterocycles. The number of benzene rings is 1. The lowest BCUT2D eigenvalue weighted by atomic mass is 10.1. The highest BCUT2D eigenvalue weighted by Crippen LogP contribution is 2.11. The van der Waals surface area contributed by atoms with Crippen LogP contribution >= 0.6 is 0 Å². The molecule has 1 heterocycles. The van der Waals surface area contributed by atoms with Crippen LogP contribution in [-0.2, 0) is 20.7 Å². The van der Waals surface area contributed by atoms with Gasteiger partial charge < -0.3 is 15.2 Å². The molecule has 0 amide bonds. The molecule has 0 saturated heterocycles. The summed E-state index contributed by atoms with van der Waals surface area (Å²) in [6, 6.07) is 6.51. The molecule has 0 aliphatic carbocycles. The van der Waals surface area contributed by atoms with Crippen molar-refractivity contribution in [2.24, 2.45) is 5.73 Å². The Hall–Kier alpha value is -2.74. The topological polar surface area (TPSA) is 109 Å². The van der Waals surface area contributed by atoms with Crippen molar-refractivity contribution in [3.05, 3.63) is 41.7 Å². The van der Waals surface area contributed by atoms with Crippen molar-refractivity contribution in [2.45, 2.75) is 12.5 Å². The van der Waals surface area contributed by atoms with Gasteiger partial charge in [-0.2, -0.15) is 0 Å². The zero-order valence-electron chi connectivity index (χ0n) is 12.2. The highest BCUT2D eigenvalue weighted by molar-refractivity contribution is 5.86. The van der Waals surface area contributed by atoms with Gasteiger partial charge in [0.05, 0.1) is 26.1 Å². The van der Waals surface area contributed by atoms with Crippen LogP contribution in [0.1, 0.15) is 16.1 Å². The van der Waals surface area contributed by atoms with Crippen LogP contribution in [0.3, 0.4) is 0 Å². The Morgan fingerprint density at radius 2 is 1.91 bits per heavy atom. The predicted octanol–water partition coefficient (Wildman–Crippen LogP) is 0.0967. The van der Waals surface area contributed by atoms with E-state index in [-0.39, 0.29) is 5.69 Å². The zero-order chi connectivity index (χ0) is 16.1. The first kappa shape index (κ1) is 15.6. The smallest absolute Gasteiger partial charge is 0.360 e. The van der Waals surface area contributed by atoms with E-state index in [0.717, 1.165) is 11.3 Å². The second-order valence-corrected chi connectivity index (χ2v) is 4.54. The van der Waals surface area contributed by atoms with Gasteiger partial charge in [-0.15, -0.1) is 5.10 Å². The number of aromatic nitrogens is 3. The van der Waals surface area contributed by atoms with E-state index in [4.69, 9.17) is 5.73 Å². The van der Waals surface area contributed by atoms with E-state index in [1.807, 2.05) is 12.1 Å². The van der Waals surface area contributed by atoms with E-state index in [9.17, 15) is 9.59 Å². The Kier molecular flexibility index (Phi) is 4.84. The minimum Gasteiger partial charge on any atom is -0.468 e. The molecule has 2 N–H and O–H groups in total. The summed E-state index contributed by atoms with van der Waals surface area (Å²) in [5.41, 5.74) is 7.44. The lowest BCUT2D eigenvalue weighted by molar-refractivity contribution is -0.142. The maximum atomic E-state index is 11.3.